The quantitative estimate of drug-likeness (QED) is 0.798. The Hall–Kier alpha value is -1.14. The minimum Gasteiger partial charge on any atom is -0.383 e. The molecule has 2 saturated heterocycles. The number of amides is 2. The topological polar surface area (TPSA) is 68.7 Å². The van der Waals surface area contributed by atoms with Crippen LogP contribution < -0.4 is 5.32 Å². The molecule has 1 spiro atoms. The first-order valence-corrected chi connectivity index (χ1v) is 7.53. The molecule has 0 aromatic carbocycles. The van der Waals surface area contributed by atoms with Gasteiger partial charge in [-0.3, -0.25) is 10.7 Å². The Morgan fingerprint density at radius 1 is 1.35 bits per heavy atom. The summed E-state index contributed by atoms with van der Waals surface area (Å²) >= 11 is 0. The predicted octanol–water partition coefficient (Wildman–Crippen LogP) is 1.27. The molecule has 2 aliphatic rings. The van der Waals surface area contributed by atoms with E-state index in [1.807, 2.05) is 4.90 Å². The first kappa shape index (κ1) is 15.3. The Kier molecular flexibility index (Phi) is 4.99. The molecule has 114 valence electrons. The van der Waals surface area contributed by atoms with Crippen molar-refractivity contribution in [3.63, 3.8) is 0 Å². The van der Waals surface area contributed by atoms with Crippen LogP contribution in [0.5, 0.6) is 0 Å². The monoisotopic (exact) mass is 282 g/mol. The van der Waals surface area contributed by atoms with Crippen molar-refractivity contribution in [2.24, 2.45) is 0 Å². The zero-order valence-electron chi connectivity index (χ0n) is 12.6. The summed E-state index contributed by atoms with van der Waals surface area (Å²) in [6, 6.07) is -0.143. The maximum Gasteiger partial charge on any atom is 0.323 e. The van der Waals surface area contributed by atoms with E-state index in [9.17, 15) is 4.79 Å². The van der Waals surface area contributed by atoms with Crippen LogP contribution in [0.2, 0.25) is 0 Å². The average molecular weight is 282 g/mol. The van der Waals surface area contributed by atoms with Crippen LogP contribution in [-0.4, -0.2) is 67.1 Å². The van der Waals surface area contributed by atoms with E-state index >= 15 is 0 Å². The number of rotatable bonds is 5. The number of likely N-dealkylation sites (tertiary alicyclic amines) is 1. The zero-order chi connectivity index (χ0) is 14.6. The molecular formula is C14H26N4O2. The van der Waals surface area contributed by atoms with Gasteiger partial charge >= 0.3 is 6.03 Å². The van der Waals surface area contributed by atoms with Gasteiger partial charge in [0.2, 0.25) is 0 Å². The predicted molar refractivity (Wildman–Crippen MR) is 78.2 cm³/mol. The van der Waals surface area contributed by atoms with Gasteiger partial charge in [0.1, 0.15) is 11.4 Å². The normalized spacial score (nSPS) is 28.0. The first-order valence-electron chi connectivity index (χ1n) is 7.53. The summed E-state index contributed by atoms with van der Waals surface area (Å²) in [6.45, 7) is 6.38. The molecule has 0 radical (unpaired) electrons. The van der Waals surface area contributed by atoms with Crippen molar-refractivity contribution in [1.82, 2.24) is 15.1 Å². The fourth-order valence-electron chi connectivity index (χ4n) is 3.35. The number of methoxy groups -OCH3 is 1. The van der Waals surface area contributed by atoms with Crippen LogP contribution in [0.4, 0.5) is 4.79 Å². The van der Waals surface area contributed by atoms with E-state index in [0.29, 0.717) is 19.0 Å². The van der Waals surface area contributed by atoms with E-state index in [0.717, 1.165) is 45.3 Å². The summed E-state index contributed by atoms with van der Waals surface area (Å²) in [5, 5.41) is 10.9. The molecule has 0 bridgehead atoms. The van der Waals surface area contributed by atoms with Gasteiger partial charge in [0.05, 0.1) is 6.61 Å². The molecule has 2 aliphatic heterocycles. The highest BCUT2D eigenvalue weighted by molar-refractivity contribution is 6.08. The molecule has 20 heavy (non-hydrogen) atoms. The van der Waals surface area contributed by atoms with Gasteiger partial charge in [-0.25, -0.2) is 4.79 Å². The van der Waals surface area contributed by atoms with Crippen molar-refractivity contribution in [2.75, 3.05) is 39.9 Å². The molecule has 2 N–H and O–H groups in total. The van der Waals surface area contributed by atoms with Gasteiger partial charge in [0.15, 0.2) is 0 Å². The largest absolute Gasteiger partial charge is 0.383 e. The van der Waals surface area contributed by atoms with E-state index in [4.69, 9.17) is 10.1 Å². The second-order valence-electron chi connectivity index (χ2n) is 5.68. The Morgan fingerprint density at radius 2 is 2.15 bits per heavy atom. The number of hydrogen-bond acceptors (Lipinski definition) is 4. The lowest BCUT2D eigenvalue weighted by molar-refractivity contribution is 0.117. The Labute approximate surface area is 121 Å². The lowest BCUT2D eigenvalue weighted by Gasteiger charge is -2.35. The van der Waals surface area contributed by atoms with Crippen LogP contribution in [-0.2, 0) is 4.74 Å². The van der Waals surface area contributed by atoms with E-state index in [1.54, 1.807) is 7.11 Å². The molecule has 0 aromatic rings. The van der Waals surface area contributed by atoms with Gasteiger partial charge in [0, 0.05) is 20.2 Å². The van der Waals surface area contributed by atoms with Gasteiger partial charge in [0.25, 0.3) is 0 Å². The molecule has 2 amide bonds. The highest BCUT2D eigenvalue weighted by Gasteiger charge is 2.50. The average Bonchev–Trinajstić information content (AvgIpc) is 2.58. The lowest BCUT2D eigenvalue weighted by Crippen LogP contribution is -2.51. The Balaban J connectivity index is 2.12. The fourth-order valence-corrected chi connectivity index (χ4v) is 3.35. The molecule has 0 saturated carbocycles. The first-order chi connectivity index (χ1) is 9.64. The van der Waals surface area contributed by atoms with Crippen molar-refractivity contribution in [3.8, 4) is 0 Å². The van der Waals surface area contributed by atoms with E-state index in [1.165, 1.54) is 0 Å². The van der Waals surface area contributed by atoms with Crippen LogP contribution in [0, 0.1) is 5.41 Å². The van der Waals surface area contributed by atoms with E-state index in [2.05, 4.69) is 17.1 Å². The zero-order valence-corrected chi connectivity index (χ0v) is 12.6. The summed E-state index contributed by atoms with van der Waals surface area (Å²) in [7, 11) is 1.64. The summed E-state index contributed by atoms with van der Waals surface area (Å²) in [4.78, 5) is 16.3. The number of nitrogens with one attached hydrogen (secondary N) is 2. The summed E-state index contributed by atoms with van der Waals surface area (Å²) in [6.07, 6.45) is 3.89. The van der Waals surface area contributed by atoms with Gasteiger partial charge in [-0.15, -0.1) is 0 Å². The minimum atomic E-state index is -0.432. The van der Waals surface area contributed by atoms with Gasteiger partial charge in [-0.2, -0.15) is 0 Å². The van der Waals surface area contributed by atoms with Crippen LogP contribution in [0.25, 0.3) is 0 Å². The molecule has 2 fully saturated rings. The maximum atomic E-state index is 12.1. The highest BCUT2D eigenvalue weighted by Crippen LogP contribution is 2.33. The SMILES string of the molecule is CCCN1CCCC2(CC1)C(=N)NC(=O)N2CCOC. The molecular weight excluding hydrogens is 256 g/mol. The van der Waals surface area contributed by atoms with Crippen LogP contribution in [0.1, 0.15) is 32.6 Å². The maximum absolute atomic E-state index is 12.1. The van der Waals surface area contributed by atoms with Crippen LogP contribution in [0.3, 0.4) is 0 Å². The molecule has 1 atom stereocenters. The van der Waals surface area contributed by atoms with Crippen molar-refractivity contribution >= 4 is 11.9 Å². The van der Waals surface area contributed by atoms with E-state index in [-0.39, 0.29) is 6.03 Å². The third-order valence-electron chi connectivity index (χ3n) is 4.42. The summed E-state index contributed by atoms with van der Waals surface area (Å²) in [5.74, 6) is 0.372. The van der Waals surface area contributed by atoms with Gasteiger partial charge < -0.3 is 14.5 Å². The highest BCUT2D eigenvalue weighted by atomic mass is 16.5. The standard InChI is InChI=1S/C14H26N4O2/c1-3-7-17-8-4-5-14(6-9-17)12(15)16-13(19)18(14)10-11-20-2/h3-11H2,1-2H3,(H2,15,16,19). The van der Waals surface area contributed by atoms with Crippen LogP contribution >= 0.6 is 0 Å². The molecule has 6 nitrogen and oxygen atoms in total. The van der Waals surface area contributed by atoms with Crippen molar-refractivity contribution in [1.29, 1.82) is 5.41 Å². The van der Waals surface area contributed by atoms with Gasteiger partial charge in [-0.05, 0) is 38.8 Å². The molecule has 2 rings (SSSR count). The fraction of sp³-hybridized carbons (Fsp3) is 0.857. The number of carbonyl (C=O) groups excluding carboxylic acids is 1. The Morgan fingerprint density at radius 3 is 2.85 bits per heavy atom. The molecule has 2 heterocycles. The van der Waals surface area contributed by atoms with Crippen molar-refractivity contribution in [3.05, 3.63) is 0 Å². The third kappa shape index (κ3) is 2.81. The number of ether oxygens (including phenoxy) is 1. The number of nitrogens with zero attached hydrogens (tertiary/aromatic N) is 2. The van der Waals surface area contributed by atoms with E-state index < -0.39 is 5.54 Å². The summed E-state index contributed by atoms with van der Waals surface area (Å²) in [5.41, 5.74) is -0.432. The smallest absolute Gasteiger partial charge is 0.323 e. The third-order valence-corrected chi connectivity index (χ3v) is 4.42. The van der Waals surface area contributed by atoms with Crippen LogP contribution in [0.15, 0.2) is 0 Å². The number of urea groups is 1. The van der Waals surface area contributed by atoms with Crippen molar-refractivity contribution in [2.45, 2.75) is 38.1 Å². The molecule has 6 heteroatoms. The number of amidine groups is 1. The molecule has 0 aliphatic carbocycles. The summed E-state index contributed by atoms with van der Waals surface area (Å²) < 4.78 is 5.11. The lowest BCUT2D eigenvalue weighted by atomic mass is 9.88. The Bertz CT molecular complexity index is 374. The second kappa shape index (κ2) is 6.54. The second-order valence-corrected chi connectivity index (χ2v) is 5.68. The molecule has 0 aromatic heterocycles. The van der Waals surface area contributed by atoms with Crippen molar-refractivity contribution < 1.29 is 9.53 Å². The number of carbonyl (C=O) groups is 1. The molecule has 1 unspecified atom stereocenters. The number of hydrogen-bond donors (Lipinski definition) is 2. The van der Waals surface area contributed by atoms with Gasteiger partial charge in [-0.1, -0.05) is 6.92 Å². The minimum absolute atomic E-state index is 0.143.